The van der Waals surface area contributed by atoms with E-state index in [1.54, 1.807) is 12.1 Å². The number of aryl methyl sites for hydroxylation is 1. The molecule has 1 aromatic carbocycles. The number of anilines is 1. The van der Waals surface area contributed by atoms with E-state index in [4.69, 9.17) is 0 Å². The third-order valence-corrected chi connectivity index (χ3v) is 6.91. The van der Waals surface area contributed by atoms with E-state index in [1.807, 2.05) is 23.2 Å². The molecule has 2 aromatic rings. The molecule has 29 heavy (non-hydrogen) atoms. The predicted molar refractivity (Wildman–Crippen MR) is 112 cm³/mol. The van der Waals surface area contributed by atoms with Gasteiger partial charge in [-0.3, -0.25) is 19.0 Å². The van der Waals surface area contributed by atoms with Crippen LogP contribution in [-0.2, 0) is 23.0 Å². The molecule has 8 heteroatoms. The van der Waals surface area contributed by atoms with E-state index in [-0.39, 0.29) is 5.91 Å². The number of benzene rings is 1. The monoisotopic (exact) mass is 414 g/mol. The van der Waals surface area contributed by atoms with Crippen LogP contribution in [0.3, 0.4) is 0 Å². The zero-order valence-corrected chi connectivity index (χ0v) is 17.7. The molecule has 0 atom stereocenters. The fourth-order valence-corrected chi connectivity index (χ4v) is 4.99. The molecule has 4 rings (SSSR count). The summed E-state index contributed by atoms with van der Waals surface area (Å²) in [7, 11) is -3.28. The summed E-state index contributed by atoms with van der Waals surface area (Å²) in [5.41, 5.74) is 4.52. The van der Waals surface area contributed by atoms with Gasteiger partial charge in [-0.2, -0.15) is 0 Å². The number of nitrogens with zero attached hydrogens (tertiary/aromatic N) is 4. The standard InChI is InChI=1S/C21H26N4O3S/c1-16-4-3-8-22-19(16)15-23-10-12-24(13-11-23)21(26)18-5-6-20-17(14-18)7-9-25(20)29(2,27)28/h3-6,8,14H,7,9-13,15H2,1-2H3. The Morgan fingerprint density at radius 3 is 2.55 bits per heavy atom. The van der Waals surface area contributed by atoms with Crippen LogP contribution in [0.15, 0.2) is 36.5 Å². The predicted octanol–water partition coefficient (Wildman–Crippen LogP) is 1.67. The van der Waals surface area contributed by atoms with E-state index in [0.29, 0.717) is 37.3 Å². The summed E-state index contributed by atoms with van der Waals surface area (Å²) in [4.78, 5) is 21.6. The number of fused-ring (bicyclic) bond motifs is 1. The van der Waals surface area contributed by atoms with Gasteiger partial charge >= 0.3 is 0 Å². The molecule has 1 fully saturated rings. The molecular formula is C21H26N4O3S. The fraction of sp³-hybridized carbons (Fsp3) is 0.429. The van der Waals surface area contributed by atoms with Crippen LogP contribution in [0, 0.1) is 6.92 Å². The molecule has 0 unspecified atom stereocenters. The molecule has 0 bridgehead atoms. The lowest BCUT2D eigenvalue weighted by Crippen LogP contribution is -2.48. The largest absolute Gasteiger partial charge is 0.336 e. The lowest BCUT2D eigenvalue weighted by atomic mass is 10.1. The van der Waals surface area contributed by atoms with Crippen molar-refractivity contribution in [2.45, 2.75) is 19.9 Å². The molecule has 0 N–H and O–H groups in total. The summed E-state index contributed by atoms with van der Waals surface area (Å²) in [6.07, 6.45) is 3.68. The fourth-order valence-electron chi connectivity index (χ4n) is 4.04. The van der Waals surface area contributed by atoms with Crippen molar-refractivity contribution in [1.29, 1.82) is 0 Å². The number of amides is 1. The zero-order valence-electron chi connectivity index (χ0n) is 16.8. The van der Waals surface area contributed by atoms with Crippen molar-refractivity contribution in [3.05, 3.63) is 58.9 Å². The number of piperazine rings is 1. The lowest BCUT2D eigenvalue weighted by molar-refractivity contribution is 0.0626. The van der Waals surface area contributed by atoms with Gasteiger partial charge in [0.25, 0.3) is 5.91 Å². The Kier molecular flexibility index (Phi) is 5.31. The highest BCUT2D eigenvalue weighted by Crippen LogP contribution is 2.31. The Labute approximate surface area is 172 Å². The average Bonchev–Trinajstić information content (AvgIpc) is 3.13. The first kappa shape index (κ1) is 19.8. The molecule has 0 spiro atoms. The van der Waals surface area contributed by atoms with Gasteiger partial charge in [-0.05, 0) is 48.7 Å². The van der Waals surface area contributed by atoms with Gasteiger partial charge in [0.2, 0.25) is 10.0 Å². The quantitative estimate of drug-likeness (QED) is 0.761. The van der Waals surface area contributed by atoms with Gasteiger partial charge in [-0.1, -0.05) is 6.07 Å². The van der Waals surface area contributed by atoms with Gasteiger partial charge in [0, 0.05) is 51.0 Å². The van der Waals surface area contributed by atoms with Crippen molar-refractivity contribution in [2.75, 3.05) is 43.3 Å². The van der Waals surface area contributed by atoms with Gasteiger partial charge in [0.05, 0.1) is 17.6 Å². The number of carbonyl (C=O) groups is 1. The van der Waals surface area contributed by atoms with Crippen LogP contribution in [0.4, 0.5) is 5.69 Å². The lowest BCUT2D eigenvalue weighted by Gasteiger charge is -2.34. The number of pyridine rings is 1. The summed E-state index contributed by atoms with van der Waals surface area (Å²) in [6, 6.07) is 9.37. The summed E-state index contributed by atoms with van der Waals surface area (Å²) >= 11 is 0. The molecule has 7 nitrogen and oxygen atoms in total. The van der Waals surface area contributed by atoms with Gasteiger partial charge in [-0.15, -0.1) is 0 Å². The van der Waals surface area contributed by atoms with Crippen LogP contribution in [-0.4, -0.2) is 68.1 Å². The van der Waals surface area contributed by atoms with Crippen LogP contribution >= 0.6 is 0 Å². The second-order valence-electron chi connectivity index (χ2n) is 7.76. The smallest absolute Gasteiger partial charge is 0.253 e. The molecule has 1 aromatic heterocycles. The summed E-state index contributed by atoms with van der Waals surface area (Å²) in [6.45, 7) is 6.30. The van der Waals surface area contributed by atoms with Gasteiger partial charge in [-0.25, -0.2) is 8.42 Å². The Bertz CT molecular complexity index is 1030. The molecule has 2 aliphatic rings. The molecule has 1 saturated heterocycles. The molecule has 0 aliphatic carbocycles. The first-order valence-electron chi connectivity index (χ1n) is 9.86. The van der Waals surface area contributed by atoms with Crippen LogP contribution in [0.1, 0.15) is 27.2 Å². The van der Waals surface area contributed by atoms with E-state index >= 15 is 0 Å². The number of carbonyl (C=O) groups excluding carboxylic acids is 1. The van der Waals surface area contributed by atoms with Crippen molar-refractivity contribution >= 4 is 21.6 Å². The highest BCUT2D eigenvalue weighted by molar-refractivity contribution is 7.92. The van der Waals surface area contributed by atoms with Crippen molar-refractivity contribution in [2.24, 2.45) is 0 Å². The molecule has 2 aliphatic heterocycles. The number of rotatable bonds is 4. The summed E-state index contributed by atoms with van der Waals surface area (Å²) < 4.78 is 25.2. The van der Waals surface area contributed by atoms with Crippen LogP contribution in [0.2, 0.25) is 0 Å². The third kappa shape index (κ3) is 4.13. The highest BCUT2D eigenvalue weighted by Gasteiger charge is 2.28. The second-order valence-corrected chi connectivity index (χ2v) is 9.67. The molecule has 3 heterocycles. The van der Waals surface area contributed by atoms with Gasteiger partial charge in [0.1, 0.15) is 0 Å². The maximum Gasteiger partial charge on any atom is 0.253 e. The second kappa shape index (κ2) is 7.76. The van der Waals surface area contributed by atoms with Crippen molar-refractivity contribution in [1.82, 2.24) is 14.8 Å². The molecule has 0 radical (unpaired) electrons. The van der Waals surface area contributed by atoms with E-state index in [0.717, 1.165) is 30.9 Å². The first-order valence-corrected chi connectivity index (χ1v) is 11.7. The maximum absolute atomic E-state index is 13.0. The molecule has 1 amide bonds. The molecular weight excluding hydrogens is 388 g/mol. The Hall–Kier alpha value is -2.45. The number of sulfonamides is 1. The normalized spacial score (nSPS) is 17.4. The van der Waals surface area contributed by atoms with E-state index in [1.165, 1.54) is 16.1 Å². The molecule has 0 saturated carbocycles. The SMILES string of the molecule is Cc1cccnc1CN1CCN(C(=O)c2ccc3c(c2)CCN3S(C)(=O)=O)CC1. The maximum atomic E-state index is 13.0. The summed E-state index contributed by atoms with van der Waals surface area (Å²) in [5, 5.41) is 0. The van der Waals surface area contributed by atoms with Crippen molar-refractivity contribution in [3.63, 3.8) is 0 Å². The van der Waals surface area contributed by atoms with Gasteiger partial charge in [0.15, 0.2) is 0 Å². The third-order valence-electron chi connectivity index (χ3n) is 5.73. The Morgan fingerprint density at radius 1 is 1.10 bits per heavy atom. The van der Waals surface area contributed by atoms with Crippen molar-refractivity contribution < 1.29 is 13.2 Å². The first-order chi connectivity index (χ1) is 13.8. The van der Waals surface area contributed by atoms with Crippen molar-refractivity contribution in [3.8, 4) is 0 Å². The Balaban J connectivity index is 1.40. The van der Waals surface area contributed by atoms with E-state index in [9.17, 15) is 13.2 Å². The number of hydrogen-bond acceptors (Lipinski definition) is 5. The van der Waals surface area contributed by atoms with Crippen LogP contribution in [0.5, 0.6) is 0 Å². The minimum Gasteiger partial charge on any atom is -0.336 e. The van der Waals surface area contributed by atoms with Gasteiger partial charge < -0.3 is 4.90 Å². The molecule has 154 valence electrons. The van der Waals surface area contributed by atoms with Crippen LogP contribution < -0.4 is 4.31 Å². The zero-order chi connectivity index (χ0) is 20.6. The number of aromatic nitrogens is 1. The average molecular weight is 415 g/mol. The minimum atomic E-state index is -3.28. The highest BCUT2D eigenvalue weighted by atomic mass is 32.2. The summed E-state index contributed by atoms with van der Waals surface area (Å²) in [5.74, 6) is 0.0132. The van der Waals surface area contributed by atoms with E-state index < -0.39 is 10.0 Å². The topological polar surface area (TPSA) is 73.8 Å². The van der Waals surface area contributed by atoms with Crippen LogP contribution in [0.25, 0.3) is 0 Å². The Morgan fingerprint density at radius 2 is 1.86 bits per heavy atom. The minimum absolute atomic E-state index is 0.0132. The van der Waals surface area contributed by atoms with E-state index in [2.05, 4.69) is 22.9 Å². The number of hydrogen-bond donors (Lipinski definition) is 0.